The van der Waals surface area contributed by atoms with Crippen molar-refractivity contribution >= 4 is 5.91 Å². The van der Waals surface area contributed by atoms with Crippen LogP contribution in [0.3, 0.4) is 0 Å². The molecule has 0 atom stereocenters. The van der Waals surface area contributed by atoms with E-state index in [1.165, 1.54) is 12.1 Å². The van der Waals surface area contributed by atoms with Gasteiger partial charge in [0, 0.05) is 13.0 Å². The van der Waals surface area contributed by atoms with Crippen LogP contribution < -0.4 is 0 Å². The number of carbonyl (C=O) groups excluding carboxylic acids is 1. The van der Waals surface area contributed by atoms with Crippen molar-refractivity contribution in [2.45, 2.75) is 33.4 Å². The topological polar surface area (TPSA) is 33.5 Å². The van der Waals surface area contributed by atoms with Crippen LogP contribution in [0.5, 0.6) is 0 Å². The van der Waals surface area contributed by atoms with E-state index in [0.717, 1.165) is 17.1 Å². The Hall–Kier alpha value is -2.10. The van der Waals surface area contributed by atoms with Crippen LogP contribution in [0.2, 0.25) is 0 Å². The zero-order valence-electron chi connectivity index (χ0n) is 11.7. The number of rotatable bonds is 5. The molecule has 3 nitrogen and oxygen atoms in total. The molecule has 0 aliphatic heterocycles. The van der Waals surface area contributed by atoms with Crippen LogP contribution in [-0.4, -0.2) is 10.8 Å². The number of hydrogen-bond acceptors (Lipinski definition) is 2. The summed E-state index contributed by atoms with van der Waals surface area (Å²) < 4.78 is 18.4. The minimum absolute atomic E-state index is 0.0448. The lowest BCUT2D eigenvalue weighted by Crippen LogP contribution is -2.29. The van der Waals surface area contributed by atoms with Gasteiger partial charge < -0.3 is 9.32 Å². The summed E-state index contributed by atoms with van der Waals surface area (Å²) >= 11 is 0. The molecule has 0 unspecified atom stereocenters. The smallest absolute Gasteiger partial charge is 0.222 e. The van der Waals surface area contributed by atoms with Crippen LogP contribution in [0, 0.1) is 12.7 Å². The minimum Gasteiger partial charge on any atom is -0.464 e. The molecule has 0 aliphatic rings. The number of benzene rings is 1. The molecule has 0 N–H and O–H groups in total. The molecule has 0 saturated heterocycles. The van der Waals surface area contributed by atoms with Crippen molar-refractivity contribution in [3.05, 3.63) is 59.3 Å². The summed E-state index contributed by atoms with van der Waals surface area (Å²) in [5, 5.41) is 0. The second kappa shape index (κ2) is 6.37. The van der Waals surface area contributed by atoms with Gasteiger partial charge in [0.25, 0.3) is 0 Å². The molecule has 0 radical (unpaired) electrons. The van der Waals surface area contributed by atoms with E-state index >= 15 is 0 Å². The van der Waals surface area contributed by atoms with Gasteiger partial charge in [-0.1, -0.05) is 19.1 Å². The van der Waals surface area contributed by atoms with Crippen molar-refractivity contribution in [2.24, 2.45) is 0 Å². The predicted molar refractivity (Wildman–Crippen MR) is 74.4 cm³/mol. The zero-order valence-corrected chi connectivity index (χ0v) is 11.7. The summed E-state index contributed by atoms with van der Waals surface area (Å²) in [6.45, 7) is 4.58. The number of halogens is 1. The van der Waals surface area contributed by atoms with Gasteiger partial charge in [-0.3, -0.25) is 4.79 Å². The summed E-state index contributed by atoms with van der Waals surface area (Å²) in [6.07, 6.45) is 0.431. The monoisotopic (exact) mass is 275 g/mol. The maximum absolute atomic E-state index is 12.9. The Morgan fingerprint density at radius 3 is 2.40 bits per heavy atom. The summed E-state index contributed by atoms with van der Waals surface area (Å²) in [7, 11) is 0. The summed E-state index contributed by atoms with van der Waals surface area (Å²) in [6, 6.07) is 9.94. The van der Waals surface area contributed by atoms with Crippen LogP contribution in [0.1, 0.15) is 30.4 Å². The molecule has 4 heteroatoms. The van der Waals surface area contributed by atoms with E-state index in [1.54, 1.807) is 17.0 Å². The van der Waals surface area contributed by atoms with Crippen molar-refractivity contribution in [3.63, 3.8) is 0 Å². The van der Waals surface area contributed by atoms with E-state index in [1.807, 2.05) is 26.0 Å². The Bertz CT molecular complexity index is 574. The van der Waals surface area contributed by atoms with Gasteiger partial charge in [0.1, 0.15) is 17.3 Å². The van der Waals surface area contributed by atoms with Gasteiger partial charge >= 0.3 is 0 Å². The van der Waals surface area contributed by atoms with Gasteiger partial charge in [0.15, 0.2) is 0 Å². The molecule has 0 saturated carbocycles. The van der Waals surface area contributed by atoms with Gasteiger partial charge in [0.05, 0.1) is 6.54 Å². The lowest BCUT2D eigenvalue weighted by atomic mass is 10.2. The van der Waals surface area contributed by atoms with E-state index in [-0.39, 0.29) is 11.7 Å². The molecular formula is C16H18FNO2. The van der Waals surface area contributed by atoms with E-state index in [4.69, 9.17) is 4.42 Å². The molecule has 0 aliphatic carbocycles. The molecule has 1 heterocycles. The molecular weight excluding hydrogens is 257 g/mol. The van der Waals surface area contributed by atoms with Crippen molar-refractivity contribution in [2.75, 3.05) is 0 Å². The lowest BCUT2D eigenvalue weighted by Gasteiger charge is -2.21. The predicted octanol–water partition coefficient (Wildman–Crippen LogP) is 3.67. The number of furan rings is 1. The summed E-state index contributed by atoms with van der Waals surface area (Å²) in [5.74, 6) is 1.35. The average molecular weight is 275 g/mol. The first-order valence-electron chi connectivity index (χ1n) is 6.66. The highest BCUT2D eigenvalue weighted by Crippen LogP contribution is 2.14. The maximum atomic E-state index is 12.9. The Balaban J connectivity index is 2.11. The number of nitrogens with zero attached hydrogens (tertiary/aromatic N) is 1. The molecule has 20 heavy (non-hydrogen) atoms. The highest BCUT2D eigenvalue weighted by Gasteiger charge is 2.14. The molecule has 106 valence electrons. The first kappa shape index (κ1) is 14.3. The van der Waals surface area contributed by atoms with Crippen LogP contribution in [0.4, 0.5) is 4.39 Å². The SMILES string of the molecule is CCC(=O)N(Cc1ccc(F)cc1)Cc1ccc(C)o1. The second-order valence-corrected chi connectivity index (χ2v) is 4.74. The zero-order chi connectivity index (χ0) is 14.5. The van der Waals surface area contributed by atoms with Gasteiger partial charge in [-0.05, 0) is 36.8 Å². The molecule has 2 aromatic rings. The van der Waals surface area contributed by atoms with Gasteiger partial charge in [0.2, 0.25) is 5.91 Å². The van der Waals surface area contributed by atoms with Crippen LogP contribution in [0.15, 0.2) is 40.8 Å². The van der Waals surface area contributed by atoms with E-state index in [2.05, 4.69) is 0 Å². The minimum atomic E-state index is -0.274. The molecule has 2 rings (SSSR count). The third kappa shape index (κ3) is 3.70. The number of hydrogen-bond donors (Lipinski definition) is 0. The van der Waals surface area contributed by atoms with E-state index < -0.39 is 0 Å². The maximum Gasteiger partial charge on any atom is 0.222 e. The molecule has 1 aromatic heterocycles. The molecule has 0 fully saturated rings. The van der Waals surface area contributed by atoms with E-state index in [9.17, 15) is 9.18 Å². The Morgan fingerprint density at radius 1 is 1.15 bits per heavy atom. The fourth-order valence-electron chi connectivity index (χ4n) is 2.02. The first-order chi connectivity index (χ1) is 9.58. The van der Waals surface area contributed by atoms with E-state index in [0.29, 0.717) is 19.5 Å². The lowest BCUT2D eigenvalue weighted by molar-refractivity contribution is -0.132. The van der Waals surface area contributed by atoms with Crippen molar-refractivity contribution < 1.29 is 13.6 Å². The quantitative estimate of drug-likeness (QED) is 0.834. The Morgan fingerprint density at radius 2 is 1.85 bits per heavy atom. The molecule has 1 aromatic carbocycles. The first-order valence-corrected chi connectivity index (χ1v) is 6.66. The van der Waals surface area contributed by atoms with Gasteiger partial charge in [-0.2, -0.15) is 0 Å². The van der Waals surface area contributed by atoms with Crippen molar-refractivity contribution in [1.29, 1.82) is 0 Å². The summed E-state index contributed by atoms with van der Waals surface area (Å²) in [4.78, 5) is 13.7. The molecule has 0 bridgehead atoms. The highest BCUT2D eigenvalue weighted by molar-refractivity contribution is 5.75. The normalized spacial score (nSPS) is 10.6. The standard InChI is InChI=1S/C16H18FNO2/c1-3-16(19)18(11-15-9-4-12(2)20-15)10-13-5-7-14(17)8-6-13/h4-9H,3,10-11H2,1-2H3. The average Bonchev–Trinajstić information content (AvgIpc) is 2.85. The van der Waals surface area contributed by atoms with Gasteiger partial charge in [-0.15, -0.1) is 0 Å². The largest absolute Gasteiger partial charge is 0.464 e. The Labute approximate surface area is 118 Å². The fraction of sp³-hybridized carbons (Fsp3) is 0.312. The number of carbonyl (C=O) groups is 1. The van der Waals surface area contributed by atoms with Crippen LogP contribution >= 0.6 is 0 Å². The molecule has 1 amide bonds. The third-order valence-corrected chi connectivity index (χ3v) is 3.08. The van der Waals surface area contributed by atoms with Crippen LogP contribution in [-0.2, 0) is 17.9 Å². The Kier molecular flexibility index (Phi) is 4.56. The number of aryl methyl sites for hydroxylation is 1. The van der Waals surface area contributed by atoms with Crippen molar-refractivity contribution in [3.8, 4) is 0 Å². The highest BCUT2D eigenvalue weighted by atomic mass is 19.1. The number of amides is 1. The fourth-order valence-corrected chi connectivity index (χ4v) is 2.02. The van der Waals surface area contributed by atoms with Crippen molar-refractivity contribution in [1.82, 2.24) is 4.90 Å². The van der Waals surface area contributed by atoms with Gasteiger partial charge in [-0.25, -0.2) is 4.39 Å². The summed E-state index contributed by atoms with van der Waals surface area (Å²) in [5.41, 5.74) is 0.900. The third-order valence-electron chi connectivity index (χ3n) is 3.08. The molecule has 0 spiro atoms. The second-order valence-electron chi connectivity index (χ2n) is 4.74. The van der Waals surface area contributed by atoms with Crippen LogP contribution in [0.25, 0.3) is 0 Å².